The summed E-state index contributed by atoms with van der Waals surface area (Å²) in [6.07, 6.45) is 32.0. The number of hydrogen-bond acceptors (Lipinski definition) is 15. The fraction of sp³-hybridized carbons (Fsp3) is 0.833. The van der Waals surface area contributed by atoms with E-state index in [-0.39, 0.29) is 131 Å². The van der Waals surface area contributed by atoms with Gasteiger partial charge in [0, 0.05) is 84.2 Å². The molecule has 21 nitrogen and oxygen atoms in total. The van der Waals surface area contributed by atoms with Gasteiger partial charge in [0.05, 0.1) is 43.3 Å². The standard InChI is InChI=1S/C37H69NO7S.C29H47NO12/c1-38-36(41)30-24-20-16-12-9-8-10-14-18-22-27-34(39)29-26-32-46(44,45)33-35(40)28-23-19-15-11-6-4-2-3-5-7-13-17-21-25-31-37(42)43;1-3-23(31)8-6-4-5-7-21(28(37)38)18-25(33)19-42-16-15-41-14-13-30-26(34)12-10-22(29(39)40)17-24(32)11-9-20(2)27(35)36/h2-33H2,1H3,(H,38,41)(H,42,43);20-22H,3-19H2,1-2H3,(H,30,34)(H,35,36)(H,37,38)(H,39,40). The van der Waals surface area contributed by atoms with Gasteiger partial charge in [-0.1, -0.05) is 155 Å². The van der Waals surface area contributed by atoms with E-state index in [1.807, 2.05) is 0 Å². The summed E-state index contributed by atoms with van der Waals surface area (Å²) in [7, 11) is -1.77. The molecule has 0 saturated carbocycles. The van der Waals surface area contributed by atoms with Crippen LogP contribution in [0.5, 0.6) is 0 Å². The largest absolute Gasteiger partial charge is 0.481 e. The van der Waals surface area contributed by atoms with Crippen molar-refractivity contribution in [1.82, 2.24) is 10.6 Å². The molecule has 0 fully saturated rings. The molecule has 88 heavy (non-hydrogen) atoms. The predicted molar refractivity (Wildman–Crippen MR) is 339 cm³/mol. The van der Waals surface area contributed by atoms with Crippen molar-refractivity contribution in [2.45, 2.75) is 284 Å². The second-order valence-corrected chi connectivity index (χ2v) is 25.9. The van der Waals surface area contributed by atoms with Crippen LogP contribution in [0.15, 0.2) is 0 Å². The normalized spacial score (nSPS) is 12.3. The molecular formula is C66H116N2O19S. The molecule has 2 amide bonds. The summed E-state index contributed by atoms with van der Waals surface area (Å²) in [6, 6.07) is 0. The van der Waals surface area contributed by atoms with Gasteiger partial charge in [0.2, 0.25) is 11.8 Å². The molecule has 0 aliphatic carbocycles. The van der Waals surface area contributed by atoms with Crippen LogP contribution in [-0.4, -0.2) is 145 Å². The van der Waals surface area contributed by atoms with Crippen molar-refractivity contribution < 1.29 is 91.1 Å². The Bertz CT molecular complexity index is 2060. The van der Waals surface area contributed by atoms with E-state index in [4.69, 9.17) is 19.7 Å². The quantitative estimate of drug-likeness (QED) is 0.0308. The molecule has 0 rings (SSSR count). The first kappa shape index (κ1) is 85.1. The van der Waals surface area contributed by atoms with Gasteiger partial charge in [-0.3, -0.25) is 52.7 Å². The highest BCUT2D eigenvalue weighted by Crippen LogP contribution is 2.19. The number of ketones is 5. The third kappa shape index (κ3) is 58.7. The van der Waals surface area contributed by atoms with Crippen LogP contribution in [0.1, 0.15) is 284 Å². The minimum absolute atomic E-state index is 0.0349. The van der Waals surface area contributed by atoms with E-state index in [0.29, 0.717) is 57.8 Å². The predicted octanol–water partition coefficient (Wildman–Crippen LogP) is 11.7. The molecule has 22 heteroatoms. The van der Waals surface area contributed by atoms with Crippen LogP contribution in [0.4, 0.5) is 0 Å². The first-order valence-corrected chi connectivity index (χ1v) is 35.2. The van der Waals surface area contributed by atoms with Crippen molar-refractivity contribution in [2.75, 3.05) is 51.5 Å². The van der Waals surface area contributed by atoms with Crippen molar-refractivity contribution in [2.24, 2.45) is 17.8 Å². The number of sulfone groups is 1. The van der Waals surface area contributed by atoms with E-state index >= 15 is 0 Å². The number of carbonyl (C=O) groups is 11. The molecule has 6 N–H and O–H groups in total. The Kier molecular flexibility index (Phi) is 56.5. The van der Waals surface area contributed by atoms with E-state index in [2.05, 4.69) is 10.6 Å². The molecule has 0 aromatic heterocycles. The fourth-order valence-electron chi connectivity index (χ4n) is 9.84. The number of hydrogen-bond donors (Lipinski definition) is 6. The Morgan fingerprint density at radius 1 is 0.398 bits per heavy atom. The van der Waals surface area contributed by atoms with Gasteiger partial charge < -0.3 is 40.5 Å². The van der Waals surface area contributed by atoms with Gasteiger partial charge in [-0.15, -0.1) is 0 Å². The van der Waals surface area contributed by atoms with Crippen LogP contribution < -0.4 is 10.6 Å². The molecule has 0 aliphatic heterocycles. The van der Waals surface area contributed by atoms with Gasteiger partial charge in [-0.25, -0.2) is 8.42 Å². The Morgan fingerprint density at radius 3 is 1.30 bits per heavy atom. The summed E-state index contributed by atoms with van der Waals surface area (Å²) in [5.74, 6) is -7.81. The van der Waals surface area contributed by atoms with E-state index < -0.39 is 57.4 Å². The summed E-state index contributed by atoms with van der Waals surface area (Å²) >= 11 is 0. The van der Waals surface area contributed by atoms with Crippen molar-refractivity contribution in [3.05, 3.63) is 0 Å². The third-order valence-corrected chi connectivity index (χ3v) is 17.2. The van der Waals surface area contributed by atoms with Crippen LogP contribution in [-0.2, 0) is 72.1 Å². The Labute approximate surface area is 526 Å². The molecule has 0 spiro atoms. The van der Waals surface area contributed by atoms with E-state index in [1.54, 1.807) is 14.0 Å². The molecule has 0 aromatic rings. The lowest BCUT2D eigenvalue weighted by Crippen LogP contribution is -2.29. The highest BCUT2D eigenvalue weighted by Gasteiger charge is 2.24. The summed E-state index contributed by atoms with van der Waals surface area (Å²) in [4.78, 5) is 127. The number of carbonyl (C=O) groups excluding carboxylic acids is 7. The number of nitrogens with one attached hydrogen (secondary N) is 2. The molecular weight excluding hydrogens is 1160 g/mol. The van der Waals surface area contributed by atoms with E-state index in [0.717, 1.165) is 83.5 Å². The van der Waals surface area contributed by atoms with Crippen molar-refractivity contribution in [3.8, 4) is 0 Å². The van der Waals surface area contributed by atoms with Crippen LogP contribution in [0.25, 0.3) is 0 Å². The smallest absolute Gasteiger partial charge is 0.306 e. The topological polar surface area (TPSA) is 345 Å². The zero-order chi connectivity index (χ0) is 66.1. The minimum atomic E-state index is -3.44. The van der Waals surface area contributed by atoms with Gasteiger partial charge in [-0.2, -0.15) is 0 Å². The molecule has 510 valence electrons. The van der Waals surface area contributed by atoms with Crippen molar-refractivity contribution >= 4 is 74.4 Å². The van der Waals surface area contributed by atoms with E-state index in [1.165, 1.54) is 84.0 Å². The highest BCUT2D eigenvalue weighted by molar-refractivity contribution is 7.92. The first-order chi connectivity index (χ1) is 42.0. The maximum Gasteiger partial charge on any atom is 0.306 e. The van der Waals surface area contributed by atoms with Crippen LogP contribution in [0.3, 0.4) is 0 Å². The lowest BCUT2D eigenvalue weighted by molar-refractivity contribution is -0.145. The maximum absolute atomic E-state index is 12.3. The second-order valence-electron chi connectivity index (χ2n) is 23.7. The number of carboxylic acids is 4. The minimum Gasteiger partial charge on any atom is -0.481 e. The average molecular weight is 1270 g/mol. The summed E-state index contributed by atoms with van der Waals surface area (Å²) in [5.41, 5.74) is 0. The first-order valence-electron chi connectivity index (χ1n) is 33.3. The number of ether oxygens (including phenoxy) is 2. The highest BCUT2D eigenvalue weighted by atomic mass is 32.2. The van der Waals surface area contributed by atoms with Crippen molar-refractivity contribution in [1.29, 1.82) is 0 Å². The Hall–Kier alpha value is -4.96. The average Bonchev–Trinajstić information content (AvgIpc) is 3.59. The van der Waals surface area contributed by atoms with E-state index in [9.17, 15) is 71.4 Å². The van der Waals surface area contributed by atoms with Gasteiger partial charge in [-0.05, 0) is 57.8 Å². The van der Waals surface area contributed by atoms with Gasteiger partial charge in [0.25, 0.3) is 0 Å². The maximum atomic E-state index is 12.3. The molecule has 0 radical (unpaired) electrons. The molecule has 3 atom stereocenters. The lowest BCUT2D eigenvalue weighted by Gasteiger charge is -2.13. The Morgan fingerprint density at radius 2 is 0.818 bits per heavy atom. The van der Waals surface area contributed by atoms with Gasteiger partial charge >= 0.3 is 23.9 Å². The molecule has 0 aromatic carbocycles. The molecule has 0 bridgehead atoms. The number of unbranched alkanes of at least 4 members (excludes halogenated alkanes) is 24. The fourth-order valence-corrected chi connectivity index (χ4v) is 11.2. The molecule has 0 heterocycles. The van der Waals surface area contributed by atoms with Gasteiger partial charge in [0.15, 0.2) is 15.6 Å². The van der Waals surface area contributed by atoms with Crippen LogP contribution in [0.2, 0.25) is 0 Å². The summed E-state index contributed by atoms with van der Waals surface area (Å²) < 4.78 is 35.2. The van der Waals surface area contributed by atoms with Crippen LogP contribution in [0, 0.1) is 17.8 Å². The number of amides is 2. The van der Waals surface area contributed by atoms with Crippen LogP contribution >= 0.6 is 0 Å². The number of rotatable bonds is 64. The zero-order valence-electron chi connectivity index (χ0n) is 54.2. The molecule has 0 aliphatic rings. The monoisotopic (exact) mass is 1270 g/mol. The van der Waals surface area contributed by atoms with Gasteiger partial charge in [0.1, 0.15) is 35.5 Å². The zero-order valence-corrected chi connectivity index (χ0v) is 55.0. The SMILES string of the molecule is CCC(=O)CCCCCC(CC(=O)COCCOCCNC(=O)CCC(CC(=O)CCC(C)C(=O)O)C(=O)O)C(=O)O.CNC(=O)CCCCCCCCCCCCC(=O)CCCS(=O)(=O)CC(=O)CCCCCCCCCCCCCCCCC(=O)O. The number of Topliss-reactive ketones (excluding diaryl/α,β-unsaturated/α-hetero) is 5. The molecule has 0 saturated heterocycles. The number of aliphatic carboxylic acids is 4. The molecule has 3 unspecified atom stereocenters. The second kappa shape index (κ2) is 58.4. The summed E-state index contributed by atoms with van der Waals surface area (Å²) in [6.45, 7) is 3.59. The summed E-state index contributed by atoms with van der Waals surface area (Å²) in [5, 5.41) is 41.4. The third-order valence-electron chi connectivity index (χ3n) is 15.5. The number of carboxylic acid groups (broad SMARTS) is 4. The lowest BCUT2D eigenvalue weighted by atomic mass is 9.93. The van der Waals surface area contributed by atoms with Crippen molar-refractivity contribution in [3.63, 3.8) is 0 Å². The Balaban J connectivity index is 0.